The minimum Gasteiger partial charge on any atom is -0.353 e. The number of hydrogen-bond donors (Lipinski definition) is 2. The number of nitrogens with zero attached hydrogens (tertiary/aromatic N) is 1. The molecule has 0 fully saturated rings. The fraction of sp³-hybridized carbons (Fsp3) is 0.462. The molecule has 6 heteroatoms. The Morgan fingerprint density at radius 1 is 1.42 bits per heavy atom. The predicted molar refractivity (Wildman–Crippen MR) is 77.0 cm³/mol. The molecule has 1 atom stereocenters. The lowest BCUT2D eigenvalue weighted by atomic mass is 10.1. The molecular formula is C13H21ClFN3O. The highest BCUT2D eigenvalue weighted by Gasteiger charge is 2.15. The van der Waals surface area contributed by atoms with Gasteiger partial charge in [-0.2, -0.15) is 0 Å². The molecule has 2 N–H and O–H groups in total. The van der Waals surface area contributed by atoms with Crippen LogP contribution in [-0.4, -0.2) is 45.0 Å². The Kier molecular flexibility index (Phi) is 8.30. The normalized spacial score (nSPS) is 11.8. The van der Waals surface area contributed by atoms with Crippen LogP contribution < -0.4 is 10.6 Å². The molecule has 0 aliphatic rings. The quantitative estimate of drug-likeness (QED) is 0.827. The van der Waals surface area contributed by atoms with Gasteiger partial charge in [0.2, 0.25) is 5.91 Å². The molecule has 108 valence electrons. The molecule has 0 aliphatic carbocycles. The molecule has 1 rings (SSSR count). The molecule has 1 unspecified atom stereocenters. The number of amides is 1. The molecule has 0 aromatic heterocycles. The maximum absolute atomic E-state index is 13.2. The number of hydrogen-bond acceptors (Lipinski definition) is 3. The molecule has 0 aliphatic heterocycles. The lowest BCUT2D eigenvalue weighted by Crippen LogP contribution is -2.38. The van der Waals surface area contributed by atoms with E-state index in [9.17, 15) is 9.18 Å². The first kappa shape index (κ1) is 17.8. The van der Waals surface area contributed by atoms with E-state index in [0.717, 1.165) is 5.56 Å². The summed E-state index contributed by atoms with van der Waals surface area (Å²) in [7, 11) is 5.52. The van der Waals surface area contributed by atoms with Crippen LogP contribution in [0.4, 0.5) is 4.39 Å². The summed E-state index contributed by atoms with van der Waals surface area (Å²) in [6.45, 7) is 0.736. The van der Waals surface area contributed by atoms with E-state index in [1.807, 2.05) is 25.1 Å². The van der Waals surface area contributed by atoms with Crippen LogP contribution in [0.3, 0.4) is 0 Å². The van der Waals surface area contributed by atoms with Gasteiger partial charge < -0.3 is 15.5 Å². The number of nitrogens with one attached hydrogen (secondary N) is 2. The van der Waals surface area contributed by atoms with Crippen LogP contribution in [0.1, 0.15) is 11.6 Å². The minimum absolute atomic E-state index is 0. The lowest BCUT2D eigenvalue weighted by Gasteiger charge is -2.25. The summed E-state index contributed by atoms with van der Waals surface area (Å²) in [6, 6.07) is 6.40. The Hall–Kier alpha value is -1.17. The van der Waals surface area contributed by atoms with Crippen LogP contribution in [0.25, 0.3) is 0 Å². The van der Waals surface area contributed by atoms with Gasteiger partial charge in [-0.25, -0.2) is 4.39 Å². The standard InChI is InChI=1S/C13H20FN3O.ClH/c1-15-9-13(18)16-8-12(17(2)3)10-5-4-6-11(14)7-10;/h4-7,12,15H,8-9H2,1-3H3,(H,16,18);1H. The van der Waals surface area contributed by atoms with Gasteiger partial charge in [0.05, 0.1) is 12.6 Å². The first-order valence-corrected chi connectivity index (χ1v) is 5.87. The summed E-state index contributed by atoms with van der Waals surface area (Å²) in [4.78, 5) is 13.4. The van der Waals surface area contributed by atoms with Gasteiger partial charge in [-0.05, 0) is 38.8 Å². The lowest BCUT2D eigenvalue weighted by molar-refractivity contribution is -0.120. The summed E-state index contributed by atoms with van der Waals surface area (Å²) in [5.41, 5.74) is 0.852. The number of carbonyl (C=O) groups excluding carboxylic acids is 1. The SMILES string of the molecule is CNCC(=O)NCC(c1cccc(F)c1)N(C)C.Cl. The molecule has 4 nitrogen and oxygen atoms in total. The van der Waals surface area contributed by atoms with Crippen LogP contribution in [-0.2, 0) is 4.79 Å². The van der Waals surface area contributed by atoms with Crippen LogP contribution in [0.5, 0.6) is 0 Å². The van der Waals surface area contributed by atoms with Crippen LogP contribution in [0, 0.1) is 5.82 Å². The number of benzene rings is 1. The molecule has 1 aromatic carbocycles. The molecule has 0 spiro atoms. The first-order valence-electron chi connectivity index (χ1n) is 5.87. The molecule has 0 saturated heterocycles. The van der Waals surface area contributed by atoms with E-state index in [2.05, 4.69) is 10.6 Å². The largest absolute Gasteiger partial charge is 0.353 e. The monoisotopic (exact) mass is 289 g/mol. The van der Waals surface area contributed by atoms with Crippen LogP contribution >= 0.6 is 12.4 Å². The number of carbonyl (C=O) groups is 1. The fourth-order valence-electron chi connectivity index (χ4n) is 1.75. The second kappa shape index (κ2) is 8.85. The van der Waals surface area contributed by atoms with Gasteiger partial charge in [0.15, 0.2) is 0 Å². The summed E-state index contributed by atoms with van der Waals surface area (Å²) < 4.78 is 13.2. The average Bonchev–Trinajstić information content (AvgIpc) is 2.29. The molecule has 1 aromatic rings. The third-order valence-electron chi connectivity index (χ3n) is 2.69. The zero-order valence-corrected chi connectivity index (χ0v) is 12.3. The molecule has 19 heavy (non-hydrogen) atoms. The van der Waals surface area contributed by atoms with E-state index in [-0.39, 0.29) is 36.7 Å². The molecule has 0 heterocycles. The molecule has 0 bridgehead atoms. The summed E-state index contributed by atoms with van der Waals surface area (Å²) >= 11 is 0. The van der Waals surface area contributed by atoms with Gasteiger partial charge in [0.1, 0.15) is 5.82 Å². The molecule has 0 saturated carbocycles. The van der Waals surface area contributed by atoms with E-state index in [1.165, 1.54) is 12.1 Å². The highest BCUT2D eigenvalue weighted by atomic mass is 35.5. The van der Waals surface area contributed by atoms with Crippen molar-refractivity contribution in [2.45, 2.75) is 6.04 Å². The fourth-order valence-corrected chi connectivity index (χ4v) is 1.75. The Balaban J connectivity index is 0.00000324. The Bertz CT molecular complexity index is 401. The highest BCUT2D eigenvalue weighted by molar-refractivity contribution is 5.85. The maximum Gasteiger partial charge on any atom is 0.234 e. The molecule has 0 radical (unpaired) electrons. The van der Waals surface area contributed by atoms with Gasteiger partial charge in [-0.1, -0.05) is 12.1 Å². The van der Waals surface area contributed by atoms with Crippen molar-refractivity contribution in [3.63, 3.8) is 0 Å². The molecular weight excluding hydrogens is 269 g/mol. The number of halogens is 2. The van der Waals surface area contributed by atoms with Crippen molar-refractivity contribution in [2.75, 3.05) is 34.2 Å². The van der Waals surface area contributed by atoms with Gasteiger partial charge in [0.25, 0.3) is 0 Å². The van der Waals surface area contributed by atoms with Crippen molar-refractivity contribution in [3.05, 3.63) is 35.6 Å². The Labute approximate surface area is 119 Å². The van der Waals surface area contributed by atoms with E-state index in [4.69, 9.17) is 0 Å². The van der Waals surface area contributed by atoms with Gasteiger partial charge in [-0.15, -0.1) is 12.4 Å². The number of rotatable bonds is 6. The Morgan fingerprint density at radius 3 is 2.63 bits per heavy atom. The van der Waals surface area contributed by atoms with Crippen molar-refractivity contribution in [2.24, 2.45) is 0 Å². The topological polar surface area (TPSA) is 44.4 Å². The van der Waals surface area contributed by atoms with E-state index < -0.39 is 0 Å². The first-order chi connectivity index (χ1) is 8.54. The van der Waals surface area contributed by atoms with Crippen LogP contribution in [0.15, 0.2) is 24.3 Å². The zero-order chi connectivity index (χ0) is 13.5. The smallest absolute Gasteiger partial charge is 0.234 e. The van der Waals surface area contributed by atoms with Crippen molar-refractivity contribution < 1.29 is 9.18 Å². The average molecular weight is 290 g/mol. The second-order valence-electron chi connectivity index (χ2n) is 4.37. The van der Waals surface area contributed by atoms with E-state index in [0.29, 0.717) is 6.54 Å². The van der Waals surface area contributed by atoms with Gasteiger partial charge in [0, 0.05) is 6.54 Å². The van der Waals surface area contributed by atoms with Crippen molar-refractivity contribution in [3.8, 4) is 0 Å². The maximum atomic E-state index is 13.2. The third-order valence-corrected chi connectivity index (χ3v) is 2.69. The minimum atomic E-state index is -0.263. The predicted octanol–water partition coefficient (Wildman–Crippen LogP) is 1.19. The number of likely N-dealkylation sites (N-methyl/N-ethyl adjacent to an activating group) is 2. The zero-order valence-electron chi connectivity index (χ0n) is 11.4. The Morgan fingerprint density at radius 2 is 2.11 bits per heavy atom. The summed E-state index contributed by atoms with van der Waals surface area (Å²) in [5.74, 6) is -0.332. The van der Waals surface area contributed by atoms with E-state index in [1.54, 1.807) is 13.1 Å². The second-order valence-corrected chi connectivity index (χ2v) is 4.37. The highest BCUT2D eigenvalue weighted by Crippen LogP contribution is 2.18. The van der Waals surface area contributed by atoms with Gasteiger partial charge in [-0.3, -0.25) is 4.79 Å². The molecule has 1 amide bonds. The summed E-state index contributed by atoms with van der Waals surface area (Å²) in [6.07, 6.45) is 0. The van der Waals surface area contributed by atoms with E-state index >= 15 is 0 Å². The van der Waals surface area contributed by atoms with Gasteiger partial charge >= 0.3 is 0 Å². The van der Waals surface area contributed by atoms with Crippen molar-refractivity contribution in [1.82, 2.24) is 15.5 Å². The third kappa shape index (κ3) is 6.00. The van der Waals surface area contributed by atoms with Crippen molar-refractivity contribution >= 4 is 18.3 Å². The summed E-state index contributed by atoms with van der Waals surface area (Å²) in [5, 5.41) is 5.60. The van der Waals surface area contributed by atoms with Crippen LogP contribution in [0.2, 0.25) is 0 Å². The van der Waals surface area contributed by atoms with Crippen molar-refractivity contribution in [1.29, 1.82) is 0 Å².